The van der Waals surface area contributed by atoms with Gasteiger partial charge in [-0.2, -0.15) is 4.98 Å². The first-order valence-electron chi connectivity index (χ1n) is 3.85. The van der Waals surface area contributed by atoms with Crippen LogP contribution in [0.1, 0.15) is 0 Å². The van der Waals surface area contributed by atoms with Crippen LogP contribution < -0.4 is 11.5 Å². The van der Waals surface area contributed by atoms with Crippen LogP contribution >= 0.6 is 23.1 Å². The van der Waals surface area contributed by atoms with E-state index >= 15 is 0 Å². The van der Waals surface area contributed by atoms with Crippen molar-refractivity contribution in [2.45, 2.75) is 9.24 Å². The summed E-state index contributed by atoms with van der Waals surface area (Å²) in [4.78, 5) is 7.86. The summed E-state index contributed by atoms with van der Waals surface area (Å²) in [6, 6.07) is 5.71. The molecule has 0 saturated carbocycles. The third-order valence-corrected chi connectivity index (χ3v) is 3.40. The normalized spacial score (nSPS) is 10.3. The highest BCUT2D eigenvalue weighted by Gasteiger charge is 2.02. The maximum absolute atomic E-state index is 5.55. The summed E-state index contributed by atoms with van der Waals surface area (Å²) in [5.74, 6) is 0.612. The van der Waals surface area contributed by atoms with E-state index in [-0.39, 0.29) is 5.95 Å². The Morgan fingerprint density at radius 2 is 2.14 bits per heavy atom. The van der Waals surface area contributed by atoms with Crippen LogP contribution in [0.25, 0.3) is 0 Å². The summed E-state index contributed by atoms with van der Waals surface area (Å²) in [7, 11) is 0. The van der Waals surface area contributed by atoms with E-state index in [0.717, 1.165) is 9.24 Å². The summed E-state index contributed by atoms with van der Waals surface area (Å²) in [5.41, 5.74) is 11.0. The number of anilines is 2. The Balaban J connectivity index is 2.25. The van der Waals surface area contributed by atoms with Crippen LogP contribution in [0, 0.1) is 0 Å². The van der Waals surface area contributed by atoms with Gasteiger partial charge in [0.25, 0.3) is 0 Å². The van der Waals surface area contributed by atoms with Crippen molar-refractivity contribution in [2.75, 3.05) is 11.5 Å². The molecule has 0 bridgehead atoms. The molecule has 14 heavy (non-hydrogen) atoms. The molecule has 0 fully saturated rings. The van der Waals surface area contributed by atoms with Crippen LogP contribution in [-0.4, -0.2) is 9.97 Å². The van der Waals surface area contributed by atoms with Gasteiger partial charge in [-0.05, 0) is 11.4 Å². The molecule has 4 N–H and O–H groups in total. The number of aromatic nitrogens is 2. The Morgan fingerprint density at radius 3 is 2.79 bits per heavy atom. The molecule has 0 amide bonds. The first kappa shape index (κ1) is 9.29. The van der Waals surface area contributed by atoms with Gasteiger partial charge in [0.05, 0.1) is 4.21 Å². The molecule has 2 aromatic heterocycles. The van der Waals surface area contributed by atoms with Gasteiger partial charge in [0.15, 0.2) is 0 Å². The van der Waals surface area contributed by atoms with Crippen LogP contribution in [0.4, 0.5) is 11.8 Å². The van der Waals surface area contributed by atoms with Crippen molar-refractivity contribution in [1.82, 2.24) is 9.97 Å². The Labute approximate surface area is 89.4 Å². The van der Waals surface area contributed by atoms with E-state index in [4.69, 9.17) is 11.5 Å². The van der Waals surface area contributed by atoms with Gasteiger partial charge in [0, 0.05) is 6.07 Å². The van der Waals surface area contributed by atoms with Gasteiger partial charge < -0.3 is 11.5 Å². The SMILES string of the molecule is Nc1cc(Sc2cccs2)nc(N)n1. The van der Waals surface area contributed by atoms with Gasteiger partial charge in [0.2, 0.25) is 5.95 Å². The van der Waals surface area contributed by atoms with Gasteiger partial charge in [-0.25, -0.2) is 4.98 Å². The number of rotatable bonds is 2. The number of nitrogens with zero attached hydrogens (tertiary/aromatic N) is 2. The number of nitrogens with two attached hydrogens (primary N) is 2. The molecule has 0 aliphatic heterocycles. The van der Waals surface area contributed by atoms with Crippen LogP contribution in [0.2, 0.25) is 0 Å². The van der Waals surface area contributed by atoms with Gasteiger partial charge in [-0.1, -0.05) is 17.8 Å². The summed E-state index contributed by atoms with van der Waals surface area (Å²) in [6.45, 7) is 0. The van der Waals surface area contributed by atoms with Crippen molar-refractivity contribution < 1.29 is 0 Å². The number of thiophene rings is 1. The average molecular weight is 224 g/mol. The van der Waals surface area contributed by atoms with Crippen molar-refractivity contribution in [3.8, 4) is 0 Å². The van der Waals surface area contributed by atoms with Gasteiger partial charge in [-0.15, -0.1) is 11.3 Å². The zero-order valence-corrected chi connectivity index (χ0v) is 8.81. The molecule has 0 aliphatic carbocycles. The topological polar surface area (TPSA) is 77.8 Å². The van der Waals surface area contributed by atoms with Crippen molar-refractivity contribution in [3.63, 3.8) is 0 Å². The van der Waals surface area contributed by atoms with Crippen LogP contribution in [-0.2, 0) is 0 Å². The molecular formula is C8H8N4S2. The summed E-state index contributed by atoms with van der Waals surface area (Å²) in [5, 5.41) is 2.79. The predicted octanol–water partition coefficient (Wildman–Crippen LogP) is 1.85. The van der Waals surface area contributed by atoms with Gasteiger partial charge in [-0.3, -0.25) is 0 Å². The maximum atomic E-state index is 5.55. The molecule has 0 radical (unpaired) electrons. The quantitative estimate of drug-likeness (QED) is 0.761. The zero-order chi connectivity index (χ0) is 9.97. The summed E-state index contributed by atoms with van der Waals surface area (Å²) >= 11 is 3.18. The van der Waals surface area contributed by atoms with Gasteiger partial charge in [0.1, 0.15) is 10.8 Å². The second-order valence-corrected chi connectivity index (χ2v) is 4.79. The fourth-order valence-electron chi connectivity index (χ4n) is 0.938. The molecule has 0 unspecified atom stereocenters. The van der Waals surface area contributed by atoms with Crippen molar-refractivity contribution in [1.29, 1.82) is 0 Å². The highest BCUT2D eigenvalue weighted by atomic mass is 32.2. The third kappa shape index (κ3) is 2.15. The van der Waals surface area contributed by atoms with E-state index in [1.807, 2.05) is 17.5 Å². The summed E-state index contributed by atoms with van der Waals surface area (Å²) < 4.78 is 1.16. The van der Waals surface area contributed by atoms with Crippen molar-refractivity contribution >= 4 is 34.9 Å². The van der Waals surface area contributed by atoms with Crippen molar-refractivity contribution in [3.05, 3.63) is 23.6 Å². The van der Waals surface area contributed by atoms with E-state index in [1.54, 1.807) is 17.4 Å². The molecule has 72 valence electrons. The summed E-state index contributed by atoms with van der Waals surface area (Å²) in [6.07, 6.45) is 0. The molecule has 2 aromatic rings. The Morgan fingerprint density at radius 1 is 1.29 bits per heavy atom. The minimum absolute atomic E-state index is 0.212. The second kappa shape index (κ2) is 3.85. The zero-order valence-electron chi connectivity index (χ0n) is 7.18. The smallest absolute Gasteiger partial charge is 0.223 e. The van der Waals surface area contributed by atoms with E-state index in [9.17, 15) is 0 Å². The fourth-order valence-corrected chi connectivity index (χ4v) is 2.67. The Hall–Kier alpha value is -1.27. The molecule has 4 nitrogen and oxygen atoms in total. The molecule has 2 rings (SSSR count). The van der Waals surface area contributed by atoms with Gasteiger partial charge >= 0.3 is 0 Å². The lowest BCUT2D eigenvalue weighted by atomic mass is 10.6. The molecule has 2 heterocycles. The van der Waals surface area contributed by atoms with E-state index in [1.165, 1.54) is 11.8 Å². The first-order chi connectivity index (χ1) is 6.74. The maximum Gasteiger partial charge on any atom is 0.223 e. The molecular weight excluding hydrogens is 216 g/mol. The van der Waals surface area contributed by atoms with E-state index in [0.29, 0.717) is 5.82 Å². The minimum Gasteiger partial charge on any atom is -0.383 e. The number of hydrogen-bond donors (Lipinski definition) is 2. The minimum atomic E-state index is 0.212. The number of hydrogen-bond acceptors (Lipinski definition) is 6. The fraction of sp³-hybridized carbons (Fsp3) is 0. The second-order valence-electron chi connectivity index (χ2n) is 2.52. The highest BCUT2D eigenvalue weighted by Crippen LogP contribution is 2.30. The van der Waals surface area contributed by atoms with E-state index in [2.05, 4.69) is 9.97 Å². The molecule has 0 aromatic carbocycles. The molecule has 6 heteroatoms. The van der Waals surface area contributed by atoms with Crippen LogP contribution in [0.15, 0.2) is 32.8 Å². The third-order valence-electron chi connectivity index (χ3n) is 1.44. The Kier molecular flexibility index (Phi) is 2.55. The van der Waals surface area contributed by atoms with Crippen LogP contribution in [0.5, 0.6) is 0 Å². The largest absolute Gasteiger partial charge is 0.383 e. The molecule has 0 saturated heterocycles. The molecule has 0 spiro atoms. The van der Waals surface area contributed by atoms with E-state index < -0.39 is 0 Å². The lowest BCUT2D eigenvalue weighted by molar-refractivity contribution is 1.07. The number of nitrogen functional groups attached to an aromatic ring is 2. The lowest BCUT2D eigenvalue weighted by Gasteiger charge is -2.00. The predicted molar refractivity (Wildman–Crippen MR) is 59.3 cm³/mol. The van der Waals surface area contributed by atoms with Crippen molar-refractivity contribution in [2.24, 2.45) is 0 Å². The first-order valence-corrected chi connectivity index (χ1v) is 5.55. The standard InChI is InChI=1S/C8H8N4S2/c9-5-4-6(12-8(10)11-5)14-7-2-1-3-13-7/h1-4H,(H4,9,10,11,12). The molecule has 0 atom stereocenters. The van der Waals surface area contributed by atoms with Crippen LogP contribution in [0.3, 0.4) is 0 Å². The Bertz CT molecular complexity index is 407. The lowest BCUT2D eigenvalue weighted by Crippen LogP contribution is -1.99. The highest BCUT2D eigenvalue weighted by molar-refractivity contribution is 8.01. The average Bonchev–Trinajstić information content (AvgIpc) is 2.54. The monoisotopic (exact) mass is 224 g/mol. The molecule has 0 aliphatic rings.